The van der Waals surface area contributed by atoms with Crippen molar-refractivity contribution in [3.63, 3.8) is 0 Å². The zero-order chi connectivity index (χ0) is 23.8. The minimum Gasteiger partial charge on any atom is -0.506 e. The first-order valence-electron chi connectivity index (χ1n) is 10.1. The zero-order valence-electron chi connectivity index (χ0n) is 18.3. The van der Waals surface area contributed by atoms with E-state index >= 15 is 0 Å². The molecular weight excluding hydrogens is 442 g/mol. The summed E-state index contributed by atoms with van der Waals surface area (Å²) in [5.74, 6) is -0.381. The number of hydrogen-bond acceptors (Lipinski definition) is 5. The predicted molar refractivity (Wildman–Crippen MR) is 128 cm³/mol. The Morgan fingerprint density at radius 1 is 1.00 bits per heavy atom. The molecule has 0 aliphatic rings. The highest BCUT2D eigenvalue weighted by atomic mass is 32.2. The topological polar surface area (TPSA) is 121 Å². The zero-order valence-corrected chi connectivity index (χ0v) is 19.1. The molecule has 8 nitrogen and oxygen atoms in total. The van der Waals surface area contributed by atoms with Crippen LogP contribution in [0.2, 0.25) is 0 Å². The van der Waals surface area contributed by atoms with Crippen LogP contribution in [0.4, 0.5) is 11.4 Å². The Kier molecular flexibility index (Phi) is 5.73. The number of carbonyl (C=O) groups is 1. The third-order valence-corrected chi connectivity index (χ3v) is 6.83. The molecule has 4 aromatic rings. The van der Waals surface area contributed by atoms with E-state index in [4.69, 9.17) is 4.74 Å². The van der Waals surface area contributed by atoms with E-state index < -0.39 is 15.9 Å². The van der Waals surface area contributed by atoms with Gasteiger partial charge < -0.3 is 20.1 Å². The maximum atomic E-state index is 13.0. The number of sulfonamides is 1. The van der Waals surface area contributed by atoms with Crippen LogP contribution in [0.3, 0.4) is 0 Å². The number of carbonyl (C=O) groups excluding carboxylic acids is 1. The van der Waals surface area contributed by atoms with E-state index in [0.717, 1.165) is 16.6 Å². The minimum atomic E-state index is -4.02. The van der Waals surface area contributed by atoms with Crippen molar-refractivity contribution >= 4 is 38.2 Å². The normalized spacial score (nSPS) is 11.4. The summed E-state index contributed by atoms with van der Waals surface area (Å²) in [7, 11) is -2.58. The fourth-order valence-electron chi connectivity index (χ4n) is 3.58. The van der Waals surface area contributed by atoms with E-state index in [0.29, 0.717) is 16.8 Å². The van der Waals surface area contributed by atoms with Crippen molar-refractivity contribution in [2.75, 3.05) is 17.1 Å². The molecule has 0 radical (unpaired) electrons. The van der Waals surface area contributed by atoms with Crippen molar-refractivity contribution in [2.24, 2.45) is 0 Å². The molecule has 4 rings (SSSR count). The van der Waals surface area contributed by atoms with Crippen LogP contribution < -0.4 is 14.8 Å². The van der Waals surface area contributed by atoms with Crippen molar-refractivity contribution in [2.45, 2.75) is 18.7 Å². The van der Waals surface area contributed by atoms with Gasteiger partial charge in [-0.2, -0.15) is 0 Å². The van der Waals surface area contributed by atoms with Gasteiger partial charge in [0.1, 0.15) is 11.5 Å². The third kappa shape index (κ3) is 4.22. The van der Waals surface area contributed by atoms with Crippen LogP contribution in [0.25, 0.3) is 10.9 Å². The van der Waals surface area contributed by atoms with E-state index in [2.05, 4.69) is 15.0 Å². The minimum absolute atomic E-state index is 0.0279. The number of amides is 1. The summed E-state index contributed by atoms with van der Waals surface area (Å²) in [4.78, 5) is 16.1. The van der Waals surface area contributed by atoms with Crippen LogP contribution in [-0.4, -0.2) is 31.5 Å². The van der Waals surface area contributed by atoms with Crippen molar-refractivity contribution in [3.05, 3.63) is 77.5 Å². The maximum absolute atomic E-state index is 13.0. The summed E-state index contributed by atoms with van der Waals surface area (Å²) < 4.78 is 33.5. The van der Waals surface area contributed by atoms with E-state index in [9.17, 15) is 18.3 Å². The number of para-hydroxylation sites is 3. The monoisotopic (exact) mass is 465 g/mol. The maximum Gasteiger partial charge on any atom is 0.262 e. The van der Waals surface area contributed by atoms with E-state index in [-0.39, 0.29) is 22.0 Å². The number of nitrogens with one attached hydrogen (secondary N) is 3. The Morgan fingerprint density at radius 2 is 1.76 bits per heavy atom. The number of aromatic hydroxyl groups is 1. The van der Waals surface area contributed by atoms with Crippen molar-refractivity contribution < 1.29 is 23.1 Å². The summed E-state index contributed by atoms with van der Waals surface area (Å²) in [6, 6.07) is 15.6. The molecule has 0 atom stereocenters. The number of hydrogen-bond donors (Lipinski definition) is 4. The third-order valence-electron chi connectivity index (χ3n) is 5.47. The lowest BCUT2D eigenvalue weighted by Gasteiger charge is -2.13. The van der Waals surface area contributed by atoms with Crippen LogP contribution >= 0.6 is 0 Å². The van der Waals surface area contributed by atoms with Gasteiger partial charge in [-0.3, -0.25) is 9.52 Å². The molecule has 0 unspecified atom stereocenters. The quantitative estimate of drug-likeness (QED) is 0.311. The van der Waals surface area contributed by atoms with Crippen molar-refractivity contribution in [1.29, 1.82) is 0 Å². The molecule has 0 aliphatic heterocycles. The Balaban J connectivity index is 1.65. The molecular formula is C24H23N3O5S. The lowest BCUT2D eigenvalue weighted by molar-refractivity contribution is 0.102. The fraction of sp³-hybridized carbons (Fsp3) is 0.125. The molecule has 0 saturated carbocycles. The highest BCUT2D eigenvalue weighted by Gasteiger charge is 2.20. The van der Waals surface area contributed by atoms with Crippen LogP contribution in [0, 0.1) is 13.8 Å². The lowest BCUT2D eigenvalue weighted by atomic mass is 10.1. The average Bonchev–Trinajstić information content (AvgIpc) is 3.09. The number of fused-ring (bicyclic) bond motifs is 1. The first-order chi connectivity index (χ1) is 15.7. The molecule has 0 fully saturated rings. The number of phenolic OH excluding ortho intramolecular Hbond substituents is 1. The first-order valence-corrected chi connectivity index (χ1v) is 11.6. The second-order valence-electron chi connectivity index (χ2n) is 7.54. The molecule has 9 heteroatoms. The second-order valence-corrected chi connectivity index (χ2v) is 9.22. The smallest absolute Gasteiger partial charge is 0.262 e. The summed E-state index contributed by atoms with van der Waals surface area (Å²) in [6.07, 6.45) is 0. The van der Waals surface area contributed by atoms with Crippen LogP contribution in [0.5, 0.6) is 11.5 Å². The standard InChI is InChI=1S/C24H23N3O5S/c1-14-15(2)25-23-17(14)7-6-8-18(23)24(29)26-20-13-16(11-12-21(20)28)33(30,31)27-19-9-4-5-10-22(19)32-3/h4-13,25,27-28H,1-3H3,(H,26,29). The molecule has 0 bridgehead atoms. The van der Waals surface area contributed by atoms with Gasteiger partial charge in [-0.25, -0.2) is 8.42 Å². The Labute approximate surface area is 191 Å². The average molecular weight is 466 g/mol. The first kappa shape index (κ1) is 22.2. The Bertz CT molecular complexity index is 1470. The van der Waals surface area contributed by atoms with Gasteiger partial charge in [-0.15, -0.1) is 0 Å². The fourth-order valence-corrected chi connectivity index (χ4v) is 4.67. The molecule has 170 valence electrons. The van der Waals surface area contributed by atoms with Gasteiger partial charge in [0.25, 0.3) is 15.9 Å². The summed E-state index contributed by atoms with van der Waals surface area (Å²) in [5.41, 5.74) is 3.28. The van der Waals surface area contributed by atoms with Crippen molar-refractivity contribution in [1.82, 2.24) is 4.98 Å². The highest BCUT2D eigenvalue weighted by molar-refractivity contribution is 7.92. The second kappa shape index (κ2) is 8.51. The number of rotatable bonds is 6. The van der Waals surface area contributed by atoms with E-state index in [1.54, 1.807) is 36.4 Å². The Hall–Kier alpha value is -3.98. The molecule has 4 N–H and O–H groups in total. The SMILES string of the molecule is COc1ccccc1NS(=O)(=O)c1ccc(O)c(NC(=O)c2cccc3c(C)c(C)[nH]c23)c1. The van der Waals surface area contributed by atoms with Gasteiger partial charge >= 0.3 is 0 Å². The van der Waals surface area contributed by atoms with E-state index in [1.165, 1.54) is 25.3 Å². The molecule has 33 heavy (non-hydrogen) atoms. The molecule has 3 aromatic carbocycles. The molecule has 0 aliphatic carbocycles. The van der Waals surface area contributed by atoms with Gasteiger partial charge in [0.2, 0.25) is 0 Å². The summed E-state index contributed by atoms with van der Waals surface area (Å²) in [6.45, 7) is 3.89. The van der Waals surface area contributed by atoms with Gasteiger partial charge in [-0.1, -0.05) is 24.3 Å². The van der Waals surface area contributed by atoms with Crippen LogP contribution in [-0.2, 0) is 10.0 Å². The number of aromatic nitrogens is 1. The van der Waals surface area contributed by atoms with Crippen LogP contribution in [0.1, 0.15) is 21.6 Å². The van der Waals surface area contributed by atoms with Crippen molar-refractivity contribution in [3.8, 4) is 11.5 Å². The number of anilines is 2. The number of phenols is 1. The van der Waals surface area contributed by atoms with Gasteiger partial charge in [-0.05, 0) is 55.8 Å². The lowest BCUT2D eigenvalue weighted by Crippen LogP contribution is -2.16. The molecule has 1 aromatic heterocycles. The molecule has 1 amide bonds. The number of benzene rings is 3. The van der Waals surface area contributed by atoms with Crippen LogP contribution in [0.15, 0.2) is 65.6 Å². The molecule has 0 spiro atoms. The largest absolute Gasteiger partial charge is 0.506 e. The number of H-pyrrole nitrogens is 1. The predicted octanol–water partition coefficient (Wildman–Crippen LogP) is 4.55. The highest BCUT2D eigenvalue weighted by Crippen LogP contribution is 2.31. The van der Waals surface area contributed by atoms with Gasteiger partial charge in [0, 0.05) is 11.1 Å². The Morgan fingerprint density at radius 3 is 2.52 bits per heavy atom. The van der Waals surface area contributed by atoms with E-state index in [1.807, 2.05) is 19.9 Å². The summed E-state index contributed by atoms with van der Waals surface area (Å²) >= 11 is 0. The molecule has 1 heterocycles. The summed E-state index contributed by atoms with van der Waals surface area (Å²) in [5, 5.41) is 13.8. The number of aromatic amines is 1. The number of methoxy groups -OCH3 is 1. The number of ether oxygens (including phenoxy) is 1. The number of aryl methyl sites for hydroxylation is 2. The van der Waals surface area contributed by atoms with Gasteiger partial charge in [0.05, 0.1) is 34.5 Å². The molecule has 0 saturated heterocycles. The van der Waals surface area contributed by atoms with Gasteiger partial charge in [0.15, 0.2) is 0 Å².